The van der Waals surface area contributed by atoms with Crippen LogP contribution < -0.4 is 5.32 Å². The molecule has 1 aromatic carbocycles. The van der Waals surface area contributed by atoms with Gasteiger partial charge in [0.25, 0.3) is 0 Å². The standard InChI is InChI=1S/C13H19N/c1-10(11-6-4-3-5-7-11)13(14-2)12-8-9-12/h3-7,10,12-14H,8-9H2,1-2H3. The Labute approximate surface area is 86.5 Å². The molecular formula is C13H19N. The van der Waals surface area contributed by atoms with E-state index in [0.717, 1.165) is 5.92 Å². The summed E-state index contributed by atoms with van der Waals surface area (Å²) in [6.07, 6.45) is 2.81. The van der Waals surface area contributed by atoms with Crippen LogP contribution in [0.15, 0.2) is 30.3 Å². The lowest BCUT2D eigenvalue weighted by atomic mass is 9.90. The molecule has 0 aliphatic heterocycles. The molecule has 1 nitrogen and oxygen atoms in total. The molecule has 0 saturated heterocycles. The highest BCUT2D eigenvalue weighted by Crippen LogP contribution is 2.38. The van der Waals surface area contributed by atoms with Crippen LogP contribution in [0, 0.1) is 5.92 Å². The van der Waals surface area contributed by atoms with Gasteiger partial charge in [-0.15, -0.1) is 0 Å². The topological polar surface area (TPSA) is 12.0 Å². The number of nitrogens with one attached hydrogen (secondary N) is 1. The van der Waals surface area contributed by atoms with Gasteiger partial charge in [-0.2, -0.15) is 0 Å². The quantitative estimate of drug-likeness (QED) is 0.768. The second-order valence-corrected chi connectivity index (χ2v) is 4.35. The van der Waals surface area contributed by atoms with Crippen molar-refractivity contribution in [3.63, 3.8) is 0 Å². The van der Waals surface area contributed by atoms with Crippen molar-refractivity contribution in [2.24, 2.45) is 5.92 Å². The molecule has 0 spiro atoms. The second kappa shape index (κ2) is 4.14. The minimum absolute atomic E-state index is 0.633. The highest BCUT2D eigenvalue weighted by molar-refractivity contribution is 5.21. The molecular weight excluding hydrogens is 170 g/mol. The fraction of sp³-hybridized carbons (Fsp3) is 0.538. The van der Waals surface area contributed by atoms with Crippen LogP contribution in [-0.4, -0.2) is 13.1 Å². The summed E-state index contributed by atoms with van der Waals surface area (Å²) in [6.45, 7) is 2.33. The van der Waals surface area contributed by atoms with Crippen LogP contribution in [0.2, 0.25) is 0 Å². The van der Waals surface area contributed by atoms with Gasteiger partial charge in [-0.3, -0.25) is 0 Å². The zero-order chi connectivity index (χ0) is 9.97. The van der Waals surface area contributed by atoms with Gasteiger partial charge in [-0.25, -0.2) is 0 Å². The average Bonchev–Trinajstić information content (AvgIpc) is 3.04. The molecule has 1 fully saturated rings. The van der Waals surface area contributed by atoms with Gasteiger partial charge in [0.2, 0.25) is 0 Å². The fourth-order valence-electron chi connectivity index (χ4n) is 2.31. The molecule has 14 heavy (non-hydrogen) atoms. The van der Waals surface area contributed by atoms with Gasteiger partial charge < -0.3 is 5.32 Å². The molecule has 1 heteroatoms. The van der Waals surface area contributed by atoms with Gasteiger partial charge in [0, 0.05) is 6.04 Å². The van der Waals surface area contributed by atoms with Gasteiger partial charge in [-0.05, 0) is 37.3 Å². The number of rotatable bonds is 4. The Hall–Kier alpha value is -0.820. The molecule has 2 rings (SSSR count). The predicted molar refractivity (Wildman–Crippen MR) is 60.4 cm³/mol. The van der Waals surface area contributed by atoms with Crippen LogP contribution in [0.5, 0.6) is 0 Å². The largest absolute Gasteiger partial charge is 0.316 e. The first-order chi connectivity index (χ1) is 6.83. The maximum atomic E-state index is 3.46. The summed E-state index contributed by atoms with van der Waals surface area (Å²) in [6, 6.07) is 11.5. The molecule has 2 unspecified atom stereocenters. The van der Waals surface area contributed by atoms with Crippen molar-refractivity contribution < 1.29 is 0 Å². The predicted octanol–water partition coefficient (Wildman–Crippen LogP) is 2.79. The molecule has 0 bridgehead atoms. The summed E-state index contributed by atoms with van der Waals surface area (Å²) < 4.78 is 0. The lowest BCUT2D eigenvalue weighted by Gasteiger charge is -2.23. The van der Waals surface area contributed by atoms with Crippen molar-refractivity contribution in [2.75, 3.05) is 7.05 Å². The Bertz CT molecular complexity index is 277. The lowest BCUT2D eigenvalue weighted by molar-refractivity contribution is 0.437. The smallest absolute Gasteiger partial charge is 0.0158 e. The van der Waals surface area contributed by atoms with E-state index in [1.807, 2.05) is 0 Å². The Kier molecular flexibility index (Phi) is 2.87. The summed E-state index contributed by atoms with van der Waals surface area (Å²) in [5.41, 5.74) is 1.46. The minimum Gasteiger partial charge on any atom is -0.316 e. The molecule has 1 N–H and O–H groups in total. The van der Waals surface area contributed by atoms with Gasteiger partial charge in [0.15, 0.2) is 0 Å². The van der Waals surface area contributed by atoms with Crippen molar-refractivity contribution in [2.45, 2.75) is 31.7 Å². The number of likely N-dealkylation sites (N-methyl/N-ethyl adjacent to an activating group) is 1. The fourth-order valence-corrected chi connectivity index (χ4v) is 2.31. The molecule has 1 saturated carbocycles. The number of hydrogen-bond donors (Lipinski definition) is 1. The first-order valence-corrected chi connectivity index (χ1v) is 5.55. The third-order valence-corrected chi connectivity index (χ3v) is 3.33. The third kappa shape index (κ3) is 1.98. The van der Waals surface area contributed by atoms with Crippen molar-refractivity contribution in [1.29, 1.82) is 0 Å². The Morgan fingerprint density at radius 3 is 2.36 bits per heavy atom. The van der Waals surface area contributed by atoms with E-state index < -0.39 is 0 Å². The molecule has 0 radical (unpaired) electrons. The van der Waals surface area contributed by atoms with E-state index in [2.05, 4.69) is 49.6 Å². The molecule has 1 aliphatic rings. The summed E-state index contributed by atoms with van der Waals surface area (Å²) in [7, 11) is 2.09. The van der Waals surface area contributed by atoms with E-state index in [4.69, 9.17) is 0 Å². The summed E-state index contributed by atoms with van der Waals surface area (Å²) in [5.74, 6) is 1.55. The normalized spacial score (nSPS) is 20.4. The first-order valence-electron chi connectivity index (χ1n) is 5.55. The van der Waals surface area contributed by atoms with Gasteiger partial charge in [-0.1, -0.05) is 37.3 Å². The van der Waals surface area contributed by atoms with Crippen molar-refractivity contribution in [3.8, 4) is 0 Å². The Morgan fingerprint density at radius 2 is 1.86 bits per heavy atom. The SMILES string of the molecule is CNC(C1CC1)C(C)c1ccccc1. The van der Waals surface area contributed by atoms with Crippen LogP contribution in [0.25, 0.3) is 0 Å². The third-order valence-electron chi connectivity index (χ3n) is 3.33. The van der Waals surface area contributed by atoms with E-state index in [9.17, 15) is 0 Å². The molecule has 2 atom stereocenters. The Balaban J connectivity index is 2.09. The van der Waals surface area contributed by atoms with Gasteiger partial charge in [0.05, 0.1) is 0 Å². The molecule has 76 valence electrons. The van der Waals surface area contributed by atoms with Gasteiger partial charge in [0.1, 0.15) is 0 Å². The second-order valence-electron chi connectivity index (χ2n) is 4.35. The van der Waals surface area contributed by atoms with Gasteiger partial charge >= 0.3 is 0 Å². The summed E-state index contributed by atoms with van der Waals surface area (Å²) in [5, 5.41) is 3.46. The minimum atomic E-state index is 0.633. The molecule has 0 aromatic heterocycles. The summed E-state index contributed by atoms with van der Waals surface area (Å²) >= 11 is 0. The van der Waals surface area contributed by atoms with E-state index in [1.54, 1.807) is 0 Å². The molecule has 1 aliphatic carbocycles. The number of benzene rings is 1. The van der Waals surface area contributed by atoms with Crippen LogP contribution in [0.4, 0.5) is 0 Å². The maximum absolute atomic E-state index is 3.46. The molecule has 1 aromatic rings. The van der Waals surface area contributed by atoms with E-state index in [1.165, 1.54) is 18.4 Å². The molecule has 0 amide bonds. The zero-order valence-electron chi connectivity index (χ0n) is 9.03. The maximum Gasteiger partial charge on any atom is 0.0158 e. The first kappa shape index (κ1) is 9.72. The van der Waals surface area contributed by atoms with Crippen molar-refractivity contribution in [3.05, 3.63) is 35.9 Å². The lowest BCUT2D eigenvalue weighted by Crippen LogP contribution is -2.32. The van der Waals surface area contributed by atoms with E-state index in [0.29, 0.717) is 12.0 Å². The van der Waals surface area contributed by atoms with Crippen LogP contribution in [0.1, 0.15) is 31.2 Å². The number of hydrogen-bond acceptors (Lipinski definition) is 1. The zero-order valence-corrected chi connectivity index (χ0v) is 9.03. The van der Waals surface area contributed by atoms with Crippen LogP contribution in [-0.2, 0) is 0 Å². The van der Waals surface area contributed by atoms with Crippen molar-refractivity contribution >= 4 is 0 Å². The van der Waals surface area contributed by atoms with Crippen LogP contribution in [0.3, 0.4) is 0 Å². The average molecular weight is 189 g/mol. The van der Waals surface area contributed by atoms with E-state index >= 15 is 0 Å². The molecule has 0 heterocycles. The van der Waals surface area contributed by atoms with E-state index in [-0.39, 0.29) is 0 Å². The highest BCUT2D eigenvalue weighted by Gasteiger charge is 2.33. The van der Waals surface area contributed by atoms with Crippen LogP contribution >= 0.6 is 0 Å². The Morgan fingerprint density at radius 1 is 1.21 bits per heavy atom. The van der Waals surface area contributed by atoms with Crippen molar-refractivity contribution in [1.82, 2.24) is 5.32 Å². The summed E-state index contributed by atoms with van der Waals surface area (Å²) in [4.78, 5) is 0. The monoisotopic (exact) mass is 189 g/mol. The highest BCUT2D eigenvalue weighted by atomic mass is 14.9.